The molecule has 7 heteroatoms. The molecule has 0 spiro atoms. The molecule has 136 valence electrons. The van der Waals surface area contributed by atoms with Crippen molar-refractivity contribution in [3.63, 3.8) is 0 Å². The van der Waals surface area contributed by atoms with Gasteiger partial charge < -0.3 is 16.0 Å². The SMILES string of the molecule is Cl.Cl.NC1CCC(C(=O)NCC2CCN(c3ccc(Br)cc3)C2)C1. The molecule has 1 saturated heterocycles. The minimum Gasteiger partial charge on any atom is -0.371 e. The van der Waals surface area contributed by atoms with Gasteiger partial charge in [0.05, 0.1) is 0 Å². The molecule has 3 N–H and O–H groups in total. The minimum absolute atomic E-state index is 0. The molecule has 4 nitrogen and oxygen atoms in total. The number of nitrogens with two attached hydrogens (primary N) is 1. The summed E-state index contributed by atoms with van der Waals surface area (Å²) in [5, 5.41) is 3.14. The molecule has 24 heavy (non-hydrogen) atoms. The first-order valence-corrected chi connectivity index (χ1v) is 8.95. The van der Waals surface area contributed by atoms with Gasteiger partial charge in [0.15, 0.2) is 0 Å². The van der Waals surface area contributed by atoms with Gasteiger partial charge in [-0.3, -0.25) is 4.79 Å². The van der Waals surface area contributed by atoms with Crippen molar-refractivity contribution in [2.45, 2.75) is 31.7 Å². The van der Waals surface area contributed by atoms with E-state index in [0.29, 0.717) is 5.92 Å². The van der Waals surface area contributed by atoms with Crippen LogP contribution in [0.3, 0.4) is 0 Å². The third-order valence-corrected chi connectivity index (χ3v) is 5.42. The molecule has 0 bridgehead atoms. The van der Waals surface area contributed by atoms with Crippen LogP contribution < -0.4 is 16.0 Å². The first-order valence-electron chi connectivity index (χ1n) is 8.15. The van der Waals surface area contributed by atoms with Crippen LogP contribution in [0.5, 0.6) is 0 Å². The van der Waals surface area contributed by atoms with E-state index < -0.39 is 0 Å². The highest BCUT2D eigenvalue weighted by Gasteiger charge is 2.29. The predicted octanol–water partition coefficient (Wildman–Crippen LogP) is 3.36. The zero-order valence-corrected chi connectivity index (χ0v) is 16.8. The largest absolute Gasteiger partial charge is 0.371 e. The van der Waals surface area contributed by atoms with Crippen LogP contribution in [0.2, 0.25) is 0 Å². The molecule has 1 aromatic carbocycles. The third-order valence-electron chi connectivity index (χ3n) is 4.89. The number of rotatable bonds is 4. The van der Waals surface area contributed by atoms with E-state index >= 15 is 0 Å². The predicted molar refractivity (Wildman–Crippen MR) is 107 cm³/mol. The fourth-order valence-corrected chi connectivity index (χ4v) is 3.79. The Morgan fingerprint density at radius 2 is 1.92 bits per heavy atom. The van der Waals surface area contributed by atoms with Crippen LogP contribution in [0, 0.1) is 11.8 Å². The second-order valence-electron chi connectivity index (χ2n) is 6.59. The summed E-state index contributed by atoms with van der Waals surface area (Å²) in [6.07, 6.45) is 3.92. The number of amides is 1. The van der Waals surface area contributed by atoms with E-state index in [1.54, 1.807) is 0 Å². The summed E-state index contributed by atoms with van der Waals surface area (Å²) in [6, 6.07) is 8.66. The number of carbonyl (C=O) groups excluding carboxylic acids is 1. The van der Waals surface area contributed by atoms with E-state index in [9.17, 15) is 4.79 Å². The van der Waals surface area contributed by atoms with Gasteiger partial charge in [0, 0.05) is 41.8 Å². The second-order valence-corrected chi connectivity index (χ2v) is 7.51. The molecule has 3 rings (SSSR count). The van der Waals surface area contributed by atoms with Gasteiger partial charge >= 0.3 is 0 Å². The van der Waals surface area contributed by atoms with Gasteiger partial charge in [-0.05, 0) is 55.9 Å². The smallest absolute Gasteiger partial charge is 0.223 e. The van der Waals surface area contributed by atoms with Crippen LogP contribution in [-0.2, 0) is 4.79 Å². The minimum atomic E-state index is 0. The maximum Gasteiger partial charge on any atom is 0.223 e. The highest BCUT2D eigenvalue weighted by molar-refractivity contribution is 9.10. The molecule has 0 radical (unpaired) electrons. The molecular weight excluding hydrogens is 413 g/mol. The van der Waals surface area contributed by atoms with Gasteiger partial charge in [0.1, 0.15) is 0 Å². The maximum absolute atomic E-state index is 12.2. The molecule has 1 heterocycles. The van der Waals surface area contributed by atoms with Gasteiger partial charge in [0.25, 0.3) is 0 Å². The normalized spacial score (nSPS) is 25.8. The number of hydrogen-bond acceptors (Lipinski definition) is 3. The van der Waals surface area contributed by atoms with Crippen molar-refractivity contribution >= 4 is 52.3 Å². The molecule has 3 atom stereocenters. The van der Waals surface area contributed by atoms with Crippen LogP contribution in [0.25, 0.3) is 0 Å². The maximum atomic E-state index is 12.2. The van der Waals surface area contributed by atoms with Crippen LogP contribution in [-0.4, -0.2) is 31.6 Å². The van der Waals surface area contributed by atoms with Gasteiger partial charge in [-0.2, -0.15) is 0 Å². The Morgan fingerprint density at radius 1 is 1.21 bits per heavy atom. The molecular formula is C17H26BrCl2N3O. The van der Waals surface area contributed by atoms with E-state index in [2.05, 4.69) is 50.4 Å². The third kappa shape index (κ3) is 5.51. The van der Waals surface area contributed by atoms with Crippen LogP contribution in [0.4, 0.5) is 5.69 Å². The van der Waals surface area contributed by atoms with E-state index in [4.69, 9.17) is 5.73 Å². The fraction of sp³-hybridized carbons (Fsp3) is 0.588. The average molecular weight is 439 g/mol. The standard InChI is InChI=1S/C17H24BrN3O.2ClH/c18-14-2-5-16(6-3-14)21-8-7-12(11-21)10-20-17(22)13-1-4-15(19)9-13;;/h2-3,5-6,12-13,15H,1,4,7-11,19H2,(H,20,22);2*1H. The zero-order chi connectivity index (χ0) is 15.5. The highest BCUT2D eigenvalue weighted by Crippen LogP contribution is 2.26. The van der Waals surface area contributed by atoms with E-state index in [1.165, 1.54) is 5.69 Å². The molecule has 2 fully saturated rings. The van der Waals surface area contributed by atoms with Crippen molar-refractivity contribution in [2.24, 2.45) is 17.6 Å². The molecule has 0 aromatic heterocycles. The Labute approximate surface area is 164 Å². The molecule has 1 aromatic rings. The summed E-state index contributed by atoms with van der Waals surface area (Å²) >= 11 is 3.47. The lowest BCUT2D eigenvalue weighted by molar-refractivity contribution is -0.125. The lowest BCUT2D eigenvalue weighted by atomic mass is 10.1. The molecule has 1 saturated carbocycles. The van der Waals surface area contributed by atoms with Crippen LogP contribution in [0.15, 0.2) is 28.7 Å². The monoisotopic (exact) mass is 437 g/mol. The van der Waals surface area contributed by atoms with Crippen molar-refractivity contribution in [1.82, 2.24) is 5.32 Å². The highest BCUT2D eigenvalue weighted by atomic mass is 79.9. The van der Waals surface area contributed by atoms with Gasteiger partial charge in [-0.1, -0.05) is 15.9 Å². The molecule has 1 aliphatic heterocycles. The number of nitrogens with zero attached hydrogens (tertiary/aromatic N) is 1. The molecule has 3 unspecified atom stereocenters. The van der Waals surface area contributed by atoms with Crippen LogP contribution >= 0.6 is 40.7 Å². The van der Waals surface area contributed by atoms with Gasteiger partial charge in [0.2, 0.25) is 5.91 Å². The van der Waals surface area contributed by atoms with Gasteiger partial charge in [-0.25, -0.2) is 0 Å². The second kappa shape index (κ2) is 9.85. The van der Waals surface area contributed by atoms with Crippen molar-refractivity contribution in [3.05, 3.63) is 28.7 Å². The summed E-state index contributed by atoms with van der Waals surface area (Å²) in [6.45, 7) is 2.88. The Morgan fingerprint density at radius 3 is 2.54 bits per heavy atom. The lowest BCUT2D eigenvalue weighted by Gasteiger charge is -2.19. The summed E-state index contributed by atoms with van der Waals surface area (Å²) < 4.78 is 1.11. The number of hydrogen-bond donors (Lipinski definition) is 2. The summed E-state index contributed by atoms with van der Waals surface area (Å²) in [5.41, 5.74) is 7.15. The Hall–Kier alpha value is -0.490. The van der Waals surface area contributed by atoms with Crippen LogP contribution in [0.1, 0.15) is 25.7 Å². The Balaban J connectivity index is 0.00000144. The van der Waals surface area contributed by atoms with Crippen molar-refractivity contribution < 1.29 is 4.79 Å². The Kier molecular flexibility index (Phi) is 8.85. The fourth-order valence-electron chi connectivity index (χ4n) is 3.53. The molecule has 1 aliphatic carbocycles. The number of anilines is 1. The average Bonchev–Trinajstić information content (AvgIpc) is 3.15. The van der Waals surface area contributed by atoms with Crippen molar-refractivity contribution in [2.75, 3.05) is 24.5 Å². The van der Waals surface area contributed by atoms with Gasteiger partial charge in [-0.15, -0.1) is 24.8 Å². The quantitative estimate of drug-likeness (QED) is 0.757. The van der Waals surface area contributed by atoms with E-state index in [1.807, 2.05) is 0 Å². The lowest BCUT2D eigenvalue weighted by Crippen LogP contribution is -2.35. The summed E-state index contributed by atoms with van der Waals surface area (Å²) in [4.78, 5) is 14.5. The summed E-state index contributed by atoms with van der Waals surface area (Å²) in [5.74, 6) is 0.886. The number of nitrogens with one attached hydrogen (secondary N) is 1. The first kappa shape index (κ1) is 21.6. The number of carbonyl (C=O) groups is 1. The topological polar surface area (TPSA) is 58.4 Å². The molecule has 1 amide bonds. The Bertz CT molecular complexity index is 529. The first-order chi connectivity index (χ1) is 10.6. The van der Waals surface area contributed by atoms with E-state index in [0.717, 1.165) is 49.8 Å². The zero-order valence-electron chi connectivity index (χ0n) is 13.6. The summed E-state index contributed by atoms with van der Waals surface area (Å²) in [7, 11) is 0. The molecule has 2 aliphatic rings. The number of benzene rings is 1. The van der Waals surface area contributed by atoms with E-state index in [-0.39, 0.29) is 42.7 Å². The van der Waals surface area contributed by atoms with Crippen molar-refractivity contribution in [3.8, 4) is 0 Å². The van der Waals surface area contributed by atoms with Crippen molar-refractivity contribution in [1.29, 1.82) is 0 Å². The number of halogens is 3.